The molecule has 1 aliphatic rings. The van der Waals surface area contributed by atoms with Crippen LogP contribution in [0.3, 0.4) is 0 Å². The van der Waals surface area contributed by atoms with Gasteiger partial charge >= 0.3 is 0 Å². The zero-order chi connectivity index (χ0) is 10.2. The Balaban J connectivity index is 2.13. The number of fused-ring (bicyclic) bond motifs is 1. The fourth-order valence-electron chi connectivity index (χ4n) is 1.73. The molecule has 0 saturated carbocycles. The summed E-state index contributed by atoms with van der Waals surface area (Å²) >= 11 is 0. The Morgan fingerprint density at radius 1 is 1.21 bits per heavy atom. The van der Waals surface area contributed by atoms with Crippen molar-refractivity contribution < 1.29 is 13.0 Å². The van der Waals surface area contributed by atoms with Crippen molar-refractivity contribution in [1.82, 2.24) is 4.90 Å². The maximum absolute atomic E-state index is 10.7. The summed E-state index contributed by atoms with van der Waals surface area (Å²) in [6.07, 6.45) is 0. The van der Waals surface area contributed by atoms with Gasteiger partial charge in [0.1, 0.15) is 5.88 Å². The zero-order valence-corrected chi connectivity index (χ0v) is 8.37. The van der Waals surface area contributed by atoms with Crippen molar-refractivity contribution in [2.24, 2.45) is 0 Å². The van der Waals surface area contributed by atoms with Crippen LogP contribution in [0.2, 0.25) is 0 Å². The molecule has 14 heavy (non-hydrogen) atoms. The fraction of sp³-hybridized carbons (Fsp3) is 0.333. The van der Waals surface area contributed by atoms with Gasteiger partial charge in [-0.15, -0.1) is 0 Å². The molecule has 0 fully saturated rings. The van der Waals surface area contributed by atoms with Gasteiger partial charge in [-0.3, -0.25) is 9.45 Å². The maximum atomic E-state index is 10.7. The topological polar surface area (TPSA) is 57.6 Å². The van der Waals surface area contributed by atoms with E-state index in [4.69, 9.17) is 4.55 Å². The van der Waals surface area contributed by atoms with Crippen LogP contribution in [0.4, 0.5) is 0 Å². The van der Waals surface area contributed by atoms with Crippen LogP contribution >= 0.6 is 0 Å². The average Bonchev–Trinajstić information content (AvgIpc) is 2.42. The third-order valence-electron chi connectivity index (χ3n) is 2.25. The second-order valence-corrected chi connectivity index (χ2v) is 4.89. The van der Waals surface area contributed by atoms with Gasteiger partial charge in [-0.25, -0.2) is 0 Å². The van der Waals surface area contributed by atoms with Gasteiger partial charge in [0, 0.05) is 13.1 Å². The third-order valence-corrected chi connectivity index (χ3v) is 2.94. The summed E-state index contributed by atoms with van der Waals surface area (Å²) in [7, 11) is -3.90. The van der Waals surface area contributed by atoms with E-state index < -0.39 is 10.1 Å². The first-order valence-electron chi connectivity index (χ1n) is 4.29. The third kappa shape index (κ3) is 2.12. The molecule has 1 heterocycles. The lowest BCUT2D eigenvalue weighted by Crippen LogP contribution is -2.24. The van der Waals surface area contributed by atoms with Crippen molar-refractivity contribution in [2.75, 3.05) is 5.88 Å². The minimum absolute atomic E-state index is 0.290. The lowest BCUT2D eigenvalue weighted by Gasteiger charge is -2.11. The first kappa shape index (κ1) is 9.64. The molecule has 1 N–H and O–H groups in total. The second-order valence-electron chi connectivity index (χ2n) is 3.47. The van der Waals surface area contributed by atoms with Crippen LogP contribution in [0.25, 0.3) is 0 Å². The van der Waals surface area contributed by atoms with Gasteiger partial charge in [0.05, 0.1) is 0 Å². The van der Waals surface area contributed by atoms with Crippen molar-refractivity contribution in [2.45, 2.75) is 13.1 Å². The van der Waals surface area contributed by atoms with Crippen LogP contribution in [-0.4, -0.2) is 23.7 Å². The highest BCUT2D eigenvalue weighted by molar-refractivity contribution is 7.85. The fourth-order valence-corrected chi connectivity index (χ4v) is 2.37. The van der Waals surface area contributed by atoms with Gasteiger partial charge in [-0.1, -0.05) is 24.3 Å². The summed E-state index contributed by atoms with van der Waals surface area (Å²) in [6.45, 7) is 1.19. The van der Waals surface area contributed by atoms with Crippen LogP contribution in [0.15, 0.2) is 24.3 Å². The normalized spacial score (nSPS) is 16.9. The predicted octanol–water partition coefficient (Wildman–Crippen LogP) is 0.847. The molecule has 4 nitrogen and oxygen atoms in total. The molecule has 1 aliphatic heterocycles. The zero-order valence-electron chi connectivity index (χ0n) is 7.55. The number of hydrogen-bond acceptors (Lipinski definition) is 3. The molecule has 5 heteroatoms. The Morgan fingerprint density at radius 2 is 1.71 bits per heavy atom. The lowest BCUT2D eigenvalue weighted by atomic mass is 10.1. The van der Waals surface area contributed by atoms with Crippen molar-refractivity contribution in [3.05, 3.63) is 35.4 Å². The predicted molar refractivity (Wildman–Crippen MR) is 52.1 cm³/mol. The van der Waals surface area contributed by atoms with Crippen LogP contribution in [0, 0.1) is 0 Å². The summed E-state index contributed by atoms with van der Waals surface area (Å²) in [4.78, 5) is 1.69. The van der Waals surface area contributed by atoms with Crippen molar-refractivity contribution in [3.8, 4) is 0 Å². The highest BCUT2D eigenvalue weighted by atomic mass is 32.2. The molecule has 0 radical (unpaired) electrons. The average molecular weight is 213 g/mol. The van der Waals surface area contributed by atoms with E-state index >= 15 is 0 Å². The van der Waals surface area contributed by atoms with Gasteiger partial charge in [-0.2, -0.15) is 8.42 Å². The van der Waals surface area contributed by atoms with E-state index in [0.717, 1.165) is 11.1 Å². The Bertz CT molecular complexity index is 416. The first-order chi connectivity index (χ1) is 6.54. The van der Waals surface area contributed by atoms with E-state index in [0.29, 0.717) is 13.1 Å². The second kappa shape index (κ2) is 3.34. The number of rotatable bonds is 2. The maximum Gasteiger partial charge on any atom is 0.278 e. The molecule has 1 aromatic rings. The van der Waals surface area contributed by atoms with Gasteiger partial charge in [0.15, 0.2) is 0 Å². The number of hydrogen-bond donors (Lipinski definition) is 1. The van der Waals surface area contributed by atoms with E-state index in [-0.39, 0.29) is 5.88 Å². The van der Waals surface area contributed by atoms with Gasteiger partial charge in [0.25, 0.3) is 10.1 Å². The molecule has 0 aliphatic carbocycles. The molecule has 0 saturated heterocycles. The molecule has 76 valence electrons. The van der Waals surface area contributed by atoms with Crippen LogP contribution in [0.1, 0.15) is 11.1 Å². The number of nitrogens with zero attached hydrogens (tertiary/aromatic N) is 1. The van der Waals surface area contributed by atoms with Crippen molar-refractivity contribution in [1.29, 1.82) is 0 Å². The molecule has 0 amide bonds. The standard InChI is InChI=1S/C9H11NO3S/c11-14(12,13)7-10-5-8-3-1-2-4-9(8)6-10/h1-4H,5-7H2,(H,11,12,13). The van der Waals surface area contributed by atoms with E-state index in [9.17, 15) is 8.42 Å². The quantitative estimate of drug-likeness (QED) is 0.740. The van der Waals surface area contributed by atoms with Crippen LogP contribution < -0.4 is 0 Å². The Labute approximate surface area is 82.9 Å². The van der Waals surface area contributed by atoms with Crippen molar-refractivity contribution in [3.63, 3.8) is 0 Å². The summed E-state index contributed by atoms with van der Waals surface area (Å²) in [5.74, 6) is -0.290. The first-order valence-corrected chi connectivity index (χ1v) is 5.90. The SMILES string of the molecule is O=S(=O)(O)CN1Cc2ccccc2C1. The Morgan fingerprint density at radius 3 is 2.14 bits per heavy atom. The Kier molecular flexibility index (Phi) is 2.30. The molecule has 0 aromatic heterocycles. The smallest absolute Gasteiger partial charge is 0.278 e. The van der Waals surface area contributed by atoms with Crippen LogP contribution in [-0.2, 0) is 23.2 Å². The van der Waals surface area contributed by atoms with Gasteiger partial charge < -0.3 is 0 Å². The minimum atomic E-state index is -3.90. The molecule has 0 unspecified atom stereocenters. The van der Waals surface area contributed by atoms with E-state index in [2.05, 4.69) is 0 Å². The molecule has 2 rings (SSSR count). The minimum Gasteiger partial charge on any atom is -0.285 e. The Hall–Kier alpha value is -0.910. The number of benzene rings is 1. The summed E-state index contributed by atoms with van der Waals surface area (Å²) in [5, 5.41) is 0. The van der Waals surface area contributed by atoms with E-state index in [1.165, 1.54) is 0 Å². The van der Waals surface area contributed by atoms with E-state index in [1.807, 2.05) is 24.3 Å². The lowest BCUT2D eigenvalue weighted by molar-refractivity contribution is 0.316. The monoisotopic (exact) mass is 213 g/mol. The largest absolute Gasteiger partial charge is 0.285 e. The van der Waals surface area contributed by atoms with Crippen molar-refractivity contribution >= 4 is 10.1 Å². The highest BCUT2D eigenvalue weighted by Gasteiger charge is 2.21. The van der Waals surface area contributed by atoms with Gasteiger partial charge in [0.2, 0.25) is 0 Å². The molecule has 0 atom stereocenters. The van der Waals surface area contributed by atoms with Gasteiger partial charge in [-0.05, 0) is 11.1 Å². The molecular weight excluding hydrogens is 202 g/mol. The highest BCUT2D eigenvalue weighted by Crippen LogP contribution is 2.22. The molecule has 1 aromatic carbocycles. The molecular formula is C9H11NO3S. The summed E-state index contributed by atoms with van der Waals surface area (Å²) in [5.41, 5.74) is 2.27. The molecule has 0 spiro atoms. The summed E-state index contributed by atoms with van der Waals surface area (Å²) < 4.78 is 30.0. The van der Waals surface area contributed by atoms with Crippen LogP contribution in [0.5, 0.6) is 0 Å². The van der Waals surface area contributed by atoms with E-state index in [1.54, 1.807) is 4.90 Å². The summed E-state index contributed by atoms with van der Waals surface area (Å²) in [6, 6.07) is 7.80. The molecule has 0 bridgehead atoms.